The van der Waals surface area contributed by atoms with E-state index in [0.29, 0.717) is 19.4 Å². The quantitative estimate of drug-likeness (QED) is 0.328. The molecule has 0 aliphatic carbocycles. The molecule has 0 spiro atoms. The summed E-state index contributed by atoms with van der Waals surface area (Å²) in [5, 5.41) is 22.7. The first-order chi connectivity index (χ1) is 12.9. The molecule has 0 aliphatic heterocycles. The number of aryl methyl sites for hydroxylation is 1. The molecule has 2 rings (SSSR count). The summed E-state index contributed by atoms with van der Waals surface area (Å²) >= 11 is 5.40. The van der Waals surface area contributed by atoms with Crippen LogP contribution in [-0.4, -0.2) is 34.2 Å². The van der Waals surface area contributed by atoms with Crippen molar-refractivity contribution in [3.05, 3.63) is 69.8 Å². The van der Waals surface area contributed by atoms with E-state index in [2.05, 4.69) is 5.32 Å². The fraction of sp³-hybridized carbons (Fsp3) is 0.263. The second-order valence-electron chi connectivity index (χ2n) is 5.98. The van der Waals surface area contributed by atoms with Gasteiger partial charge in [-0.15, -0.1) is 0 Å². The van der Waals surface area contributed by atoms with Crippen molar-refractivity contribution in [3.63, 3.8) is 0 Å². The molecule has 0 unspecified atom stereocenters. The minimum atomic E-state index is -0.553. The molecule has 0 aliphatic rings. The molecule has 0 heterocycles. The van der Waals surface area contributed by atoms with Crippen molar-refractivity contribution in [1.29, 1.82) is 0 Å². The molecule has 2 aromatic rings. The number of hydrogen-bond acceptors (Lipinski definition) is 5. The fourth-order valence-electron chi connectivity index (χ4n) is 2.45. The molecule has 0 saturated carbocycles. The van der Waals surface area contributed by atoms with Gasteiger partial charge in [-0.1, -0.05) is 23.8 Å². The van der Waals surface area contributed by atoms with Gasteiger partial charge in [-0.05, 0) is 50.2 Å². The molecule has 0 saturated heterocycles. The predicted octanol–water partition coefficient (Wildman–Crippen LogP) is 3.20. The van der Waals surface area contributed by atoms with Crippen molar-refractivity contribution < 1.29 is 14.8 Å². The summed E-state index contributed by atoms with van der Waals surface area (Å²) in [5.74, 6) is -0.511. The van der Waals surface area contributed by atoms with Gasteiger partial charge < -0.3 is 10.0 Å². The fourth-order valence-corrected chi connectivity index (χ4v) is 2.74. The van der Waals surface area contributed by atoms with Crippen molar-refractivity contribution in [3.8, 4) is 0 Å². The Bertz CT molecular complexity index is 824. The Hall–Kier alpha value is -2.84. The van der Waals surface area contributed by atoms with Gasteiger partial charge in [0.25, 0.3) is 11.6 Å². The molecule has 1 amide bonds. The number of hydrogen-bond donors (Lipinski definition) is 2. The van der Waals surface area contributed by atoms with Crippen molar-refractivity contribution in [2.24, 2.45) is 0 Å². The number of amides is 1. The predicted molar refractivity (Wildman–Crippen MR) is 108 cm³/mol. The Morgan fingerprint density at radius 1 is 1.22 bits per heavy atom. The number of thiocarbonyl (C=S) groups is 1. The highest BCUT2D eigenvalue weighted by Crippen LogP contribution is 2.17. The molecule has 27 heavy (non-hydrogen) atoms. The molecule has 2 N–H and O–H groups in total. The standard InChI is InChI=1S/C19H21N3O4S/c1-14-7-9-16(10-8-14)21(11-2-3-12-23)19(27)20-18(24)15-5-4-6-17(13-15)22(25)26/h4-10,13,23H,2-3,11-12H2,1H3,(H,20,24,27). The summed E-state index contributed by atoms with van der Waals surface area (Å²) in [5.41, 5.74) is 1.92. The first kappa shape index (κ1) is 20.5. The van der Waals surface area contributed by atoms with Gasteiger partial charge in [-0.25, -0.2) is 0 Å². The maximum atomic E-state index is 12.5. The normalized spacial score (nSPS) is 10.3. The van der Waals surface area contributed by atoms with Crippen molar-refractivity contribution in [1.82, 2.24) is 5.32 Å². The minimum Gasteiger partial charge on any atom is -0.396 e. The molecule has 142 valence electrons. The van der Waals surface area contributed by atoms with E-state index in [1.54, 1.807) is 4.90 Å². The van der Waals surface area contributed by atoms with Crippen LogP contribution in [0.5, 0.6) is 0 Å². The zero-order chi connectivity index (χ0) is 19.8. The lowest BCUT2D eigenvalue weighted by Crippen LogP contribution is -2.43. The highest BCUT2D eigenvalue weighted by atomic mass is 32.1. The summed E-state index contributed by atoms with van der Waals surface area (Å²) < 4.78 is 0. The number of nitrogens with zero attached hydrogens (tertiary/aromatic N) is 2. The first-order valence-electron chi connectivity index (χ1n) is 8.47. The Morgan fingerprint density at radius 3 is 2.56 bits per heavy atom. The van der Waals surface area contributed by atoms with Crippen molar-refractivity contribution >= 4 is 34.6 Å². The van der Waals surface area contributed by atoms with E-state index in [1.165, 1.54) is 24.3 Å². The monoisotopic (exact) mass is 387 g/mol. The maximum absolute atomic E-state index is 12.5. The molecule has 7 nitrogen and oxygen atoms in total. The zero-order valence-corrected chi connectivity index (χ0v) is 15.7. The second kappa shape index (κ2) is 9.75. The van der Waals surface area contributed by atoms with Crippen molar-refractivity contribution in [2.45, 2.75) is 19.8 Å². The summed E-state index contributed by atoms with van der Waals surface area (Å²) in [6.45, 7) is 2.58. The van der Waals surface area contributed by atoms with E-state index in [1.807, 2.05) is 31.2 Å². The Morgan fingerprint density at radius 2 is 1.93 bits per heavy atom. The van der Waals surface area contributed by atoms with Crippen LogP contribution < -0.4 is 10.2 Å². The smallest absolute Gasteiger partial charge is 0.270 e. The number of rotatable bonds is 7. The van der Waals surface area contributed by atoms with Gasteiger partial charge in [0, 0.05) is 36.5 Å². The van der Waals surface area contributed by atoms with E-state index < -0.39 is 10.8 Å². The maximum Gasteiger partial charge on any atom is 0.270 e. The number of benzene rings is 2. The molecule has 8 heteroatoms. The highest BCUT2D eigenvalue weighted by molar-refractivity contribution is 7.80. The third-order valence-electron chi connectivity index (χ3n) is 3.92. The van der Waals surface area contributed by atoms with Crippen molar-refractivity contribution in [2.75, 3.05) is 18.1 Å². The van der Waals surface area contributed by atoms with Crippen LogP contribution in [0.3, 0.4) is 0 Å². The van der Waals surface area contributed by atoms with Crippen LogP contribution in [0, 0.1) is 17.0 Å². The Labute approximate surface area is 162 Å². The van der Waals surface area contributed by atoms with Crippen LogP contribution in [0.25, 0.3) is 0 Å². The van der Waals surface area contributed by atoms with Gasteiger partial charge >= 0.3 is 0 Å². The van der Waals surface area contributed by atoms with E-state index >= 15 is 0 Å². The molecular weight excluding hydrogens is 366 g/mol. The summed E-state index contributed by atoms with van der Waals surface area (Å²) in [6, 6.07) is 13.2. The van der Waals surface area contributed by atoms with Crippen LogP contribution >= 0.6 is 12.2 Å². The molecule has 0 bridgehead atoms. The number of carbonyl (C=O) groups excluding carboxylic acids is 1. The SMILES string of the molecule is Cc1ccc(N(CCCCO)C(=S)NC(=O)c2cccc([N+](=O)[O-])c2)cc1. The van der Waals surface area contributed by atoms with Gasteiger partial charge in [0.1, 0.15) is 0 Å². The number of anilines is 1. The van der Waals surface area contributed by atoms with Gasteiger partial charge in [0.2, 0.25) is 0 Å². The molecule has 2 aromatic carbocycles. The number of carbonyl (C=O) groups is 1. The summed E-state index contributed by atoms with van der Waals surface area (Å²) in [4.78, 5) is 24.6. The van der Waals surface area contributed by atoms with Gasteiger partial charge in [-0.2, -0.15) is 0 Å². The number of unbranched alkanes of at least 4 members (excludes halogenated alkanes) is 1. The second-order valence-corrected chi connectivity index (χ2v) is 6.37. The van der Waals surface area contributed by atoms with E-state index in [4.69, 9.17) is 17.3 Å². The Kier molecular flexibility index (Phi) is 7.39. The number of nitro benzene ring substituents is 1. The summed E-state index contributed by atoms with van der Waals surface area (Å²) in [6.07, 6.45) is 1.31. The minimum absolute atomic E-state index is 0.0779. The van der Waals surface area contributed by atoms with Gasteiger partial charge in [0.05, 0.1) is 4.92 Å². The van der Waals surface area contributed by atoms with E-state index in [9.17, 15) is 14.9 Å². The number of aliphatic hydroxyl groups excluding tert-OH is 1. The lowest BCUT2D eigenvalue weighted by molar-refractivity contribution is -0.384. The third kappa shape index (κ3) is 5.83. The van der Waals surface area contributed by atoms with E-state index in [0.717, 1.165) is 11.3 Å². The number of nitro groups is 1. The molecular formula is C19H21N3O4S. The van der Waals surface area contributed by atoms with E-state index in [-0.39, 0.29) is 23.0 Å². The number of non-ortho nitro benzene ring substituents is 1. The lowest BCUT2D eigenvalue weighted by atomic mass is 10.2. The zero-order valence-electron chi connectivity index (χ0n) is 14.9. The van der Waals surface area contributed by atoms with Crippen LogP contribution in [0.2, 0.25) is 0 Å². The highest BCUT2D eigenvalue weighted by Gasteiger charge is 2.17. The summed E-state index contributed by atoms with van der Waals surface area (Å²) in [7, 11) is 0. The third-order valence-corrected chi connectivity index (χ3v) is 4.24. The molecule has 0 aromatic heterocycles. The molecule has 0 fully saturated rings. The average molecular weight is 387 g/mol. The van der Waals surface area contributed by atoms with Crippen LogP contribution in [0.15, 0.2) is 48.5 Å². The largest absolute Gasteiger partial charge is 0.396 e. The Balaban J connectivity index is 2.16. The van der Waals surface area contributed by atoms with Crippen LogP contribution in [0.4, 0.5) is 11.4 Å². The number of aliphatic hydroxyl groups is 1. The average Bonchev–Trinajstić information content (AvgIpc) is 2.66. The molecule has 0 radical (unpaired) electrons. The van der Waals surface area contributed by atoms with Crippen LogP contribution in [-0.2, 0) is 0 Å². The lowest BCUT2D eigenvalue weighted by Gasteiger charge is -2.25. The topological polar surface area (TPSA) is 95.7 Å². The first-order valence-corrected chi connectivity index (χ1v) is 8.88. The number of nitrogens with one attached hydrogen (secondary N) is 1. The molecule has 0 atom stereocenters. The van der Waals surface area contributed by atoms with Gasteiger partial charge in [-0.3, -0.25) is 20.2 Å². The van der Waals surface area contributed by atoms with Crippen LogP contribution in [0.1, 0.15) is 28.8 Å². The van der Waals surface area contributed by atoms with Gasteiger partial charge in [0.15, 0.2) is 5.11 Å².